The number of unbranched alkanes of at least 4 members (excludes halogenated alkanes) is 11. The van der Waals surface area contributed by atoms with Crippen LogP contribution in [-0.4, -0.2) is 176 Å². The zero-order valence-corrected chi connectivity index (χ0v) is 66.5. The smallest absolute Gasteiger partial charge is 0.351 e. The van der Waals surface area contributed by atoms with E-state index in [2.05, 4.69) is 140 Å². The van der Waals surface area contributed by atoms with E-state index in [0.717, 1.165) is 94.1 Å². The number of nitrogens with zero attached hydrogens (tertiary/aromatic N) is 8. The van der Waals surface area contributed by atoms with Gasteiger partial charge in [0.25, 0.3) is 17.1 Å². The lowest BCUT2D eigenvalue weighted by Crippen LogP contribution is -2.36. The van der Waals surface area contributed by atoms with Gasteiger partial charge in [0.05, 0.1) is 75.2 Å². The van der Waals surface area contributed by atoms with Crippen LogP contribution < -0.4 is 49.0 Å². The molecule has 7 unspecified atom stereocenters. The summed E-state index contributed by atoms with van der Waals surface area (Å²) in [6, 6.07) is 5.72. The van der Waals surface area contributed by atoms with Crippen LogP contribution in [-0.2, 0) is 37.2 Å². The lowest BCUT2D eigenvalue weighted by molar-refractivity contribution is -0.121. The molecule has 4 amide bonds. The van der Waals surface area contributed by atoms with Crippen molar-refractivity contribution in [3.05, 3.63) is 44.5 Å². The molecule has 30 heteroatoms. The van der Waals surface area contributed by atoms with E-state index < -0.39 is 47.4 Å². The number of ether oxygens (including phenoxy) is 2. The first-order chi connectivity index (χ1) is 49.0. The van der Waals surface area contributed by atoms with Gasteiger partial charge in [0, 0.05) is 111 Å². The normalized spacial score (nSPS) is 21.1. The highest BCUT2D eigenvalue weighted by atomic mass is 32.2. The Balaban J connectivity index is 0.000000465. The highest BCUT2D eigenvalue weighted by Gasteiger charge is 2.44. The maximum absolute atomic E-state index is 13.1. The minimum absolute atomic E-state index is 0. The third kappa shape index (κ3) is 33.2. The maximum Gasteiger partial charge on any atom is 0.351 e. The number of aliphatic hydroxyl groups excluding tert-OH is 1. The second-order valence-corrected chi connectivity index (χ2v) is 31.9. The van der Waals surface area contributed by atoms with Crippen molar-refractivity contribution in [3.8, 4) is 12.1 Å². The Labute approximate surface area is 623 Å². The molecular weight excluding hydrogens is 1370 g/mol. The van der Waals surface area contributed by atoms with Gasteiger partial charge in [-0.15, -0.1) is 0 Å². The largest absolute Gasteiger partial charge is 0.394 e. The molecule has 2 aromatic rings. The summed E-state index contributed by atoms with van der Waals surface area (Å²) in [5, 5.41) is 47.2. The first kappa shape index (κ1) is 92.6. The zero-order chi connectivity index (χ0) is 74.9. The van der Waals surface area contributed by atoms with Crippen LogP contribution >= 0.6 is 28.8 Å². The quantitative estimate of drug-likeness (QED) is 0.0173. The summed E-state index contributed by atoms with van der Waals surface area (Å²) < 4.78 is 44.9. The van der Waals surface area contributed by atoms with Gasteiger partial charge >= 0.3 is 17.4 Å². The molecule has 9 N–H and O–H groups in total. The van der Waals surface area contributed by atoms with Crippen molar-refractivity contribution in [2.75, 3.05) is 68.9 Å². The second-order valence-electron chi connectivity index (χ2n) is 27.8. The van der Waals surface area contributed by atoms with Crippen LogP contribution in [0.5, 0.6) is 0 Å². The van der Waals surface area contributed by atoms with Crippen molar-refractivity contribution in [2.45, 2.75) is 330 Å². The summed E-state index contributed by atoms with van der Waals surface area (Å²) in [6.07, 6.45) is 21.8. The number of aliphatic hydroxyl groups is 1. The number of thioether (sulfide) groups is 1. The number of aromatic nitrogens is 4. The number of carbonyl (C=O) groups excluding carboxylic acids is 3. The van der Waals surface area contributed by atoms with E-state index in [1.165, 1.54) is 49.5 Å². The fourth-order valence-corrected chi connectivity index (χ4v) is 17.7. The van der Waals surface area contributed by atoms with Crippen LogP contribution in [0.4, 0.5) is 16.4 Å². The van der Waals surface area contributed by atoms with Crippen molar-refractivity contribution in [1.29, 1.82) is 10.5 Å². The number of carbonyl (C=O) groups is 3. The number of amides is 4. The number of hydrogen-bond donors (Lipinski definition) is 8. The molecule has 2 aromatic heterocycles. The molecule has 27 nitrogen and oxygen atoms in total. The first-order valence-electron chi connectivity index (χ1n) is 38.1. The number of nitriles is 2. The van der Waals surface area contributed by atoms with Crippen molar-refractivity contribution in [2.24, 2.45) is 5.73 Å². The van der Waals surface area contributed by atoms with Crippen LogP contribution in [0.3, 0.4) is 0 Å². The molecule has 0 saturated carbocycles. The summed E-state index contributed by atoms with van der Waals surface area (Å²) in [4.78, 5) is 69.6. The Morgan fingerprint density at radius 3 is 1.54 bits per heavy atom. The van der Waals surface area contributed by atoms with Crippen molar-refractivity contribution in [1.82, 2.24) is 49.7 Å². The lowest BCUT2D eigenvalue weighted by Gasteiger charge is -2.37. The van der Waals surface area contributed by atoms with Gasteiger partial charge in [-0.3, -0.25) is 18.7 Å². The van der Waals surface area contributed by atoms with Crippen molar-refractivity contribution in [3.63, 3.8) is 0 Å². The average molecular weight is 1510 g/mol. The average Bonchev–Trinajstić information content (AvgIpc) is 1.71. The van der Waals surface area contributed by atoms with E-state index in [4.69, 9.17) is 43.8 Å². The highest BCUT2D eigenvalue weighted by Crippen LogP contribution is 2.51. The minimum atomic E-state index is -1.54. The molecule has 0 aliphatic carbocycles. The van der Waals surface area contributed by atoms with Gasteiger partial charge in [-0.25, -0.2) is 23.7 Å². The predicted molar refractivity (Wildman–Crippen MR) is 414 cm³/mol. The fourth-order valence-electron chi connectivity index (χ4n) is 12.7. The van der Waals surface area contributed by atoms with Crippen LogP contribution in [0.1, 0.15) is 261 Å². The van der Waals surface area contributed by atoms with Gasteiger partial charge in [0.2, 0.25) is 11.8 Å². The molecule has 6 rings (SSSR count). The third-order valence-corrected chi connectivity index (χ3v) is 23.8. The molecular formula is C73H133N15O12P2S. The number of aryl methyl sites for hydroxylation is 2. The predicted octanol–water partition coefficient (Wildman–Crippen LogP) is 12.7. The number of urea groups is 1. The van der Waals surface area contributed by atoms with E-state index >= 15 is 0 Å². The molecule has 4 aliphatic heterocycles. The summed E-state index contributed by atoms with van der Waals surface area (Å²) in [6.45, 7) is 30.7. The molecule has 103 heavy (non-hydrogen) atoms. The number of fused-ring (bicyclic) bond motifs is 1. The van der Waals surface area contributed by atoms with Crippen LogP contribution in [0, 0.1) is 36.5 Å². The first-order valence-corrected chi connectivity index (χ1v) is 41.4. The lowest BCUT2D eigenvalue weighted by atomic mass is 10.0. The zero-order valence-electron chi connectivity index (χ0n) is 63.9. The SMILES string of the molecule is C.CCCCC1SCC2NC(=O)NC21.CCCCCCCNc1nc(=O)n([C@H]2CC(OP(OCCC#N)N(C(C)C)C(C)C)[C@@H](CC)O2)cc1C.Cc1cn([C@H]2CC(OP(OCCC#N)N(C(C)C)C(C)C)[C@@H](CO)O2)c(=O)nc1NCCCCCCNC(=O)CCCCNC(=O)CCCCCN. The third-order valence-electron chi connectivity index (χ3n) is 17.9. The summed E-state index contributed by atoms with van der Waals surface area (Å²) in [5.41, 5.74) is 6.40. The topological polar surface area (TPSA) is 349 Å². The van der Waals surface area contributed by atoms with Gasteiger partial charge in [0.15, 0.2) is 0 Å². The second kappa shape index (κ2) is 52.4. The van der Waals surface area contributed by atoms with E-state index in [0.29, 0.717) is 93.9 Å². The molecule has 4 aliphatic rings. The van der Waals surface area contributed by atoms with Gasteiger partial charge < -0.3 is 70.3 Å². The van der Waals surface area contributed by atoms with Gasteiger partial charge in [-0.1, -0.05) is 86.0 Å². The van der Waals surface area contributed by atoms with Crippen LogP contribution in [0.2, 0.25) is 0 Å². The van der Waals surface area contributed by atoms with Crippen LogP contribution in [0.15, 0.2) is 22.0 Å². The molecule has 6 heterocycles. The Hall–Kier alpha value is -4.64. The number of nitrogens with one attached hydrogen (secondary N) is 6. The highest BCUT2D eigenvalue weighted by molar-refractivity contribution is 8.00. The molecule has 4 fully saturated rings. The standard InChI is InChI=1S/C36H65N8O7P.C27H48N5O4P.C9H16N2OS.CH4/c1-27(2)44(28(3)4)52(49-23-15-19-38)51-30-24-34(50-31(30)26-45)43-25-29(5)35(42-36(43)48)41-22-13-7-6-12-20-39-33(47)17-10-14-21-40-32(46)16-9-8-11-18-37;1-8-10-11-12-13-16-29-26-22(7)19-31(27(33)30-26)25-18-24(23(9-2)35-25)36-37(34-17-14-15-28)32(20(3)4)21(5)6;1-2-3-4-7-8-6(5-13-7)10-9(12)11-8;/h25,27-28,30-31,34,45H,6-18,20-24,26,37H2,1-5H3,(H,39,47)(H,40,46)(H,41,42,48);19-21,23-25H,8-14,16-18H2,1-7H3,(H,29,30,33);6-8H,2-5H2,1H3,(H2,10,11,12);1H4/t30?,31-,34-,52?;23-,24?,25-,37?;;/m11../s1. The fraction of sp³-hybridized carbons (Fsp3) is 0.822. The summed E-state index contributed by atoms with van der Waals surface area (Å²) in [5.74, 6) is 2.36. The van der Waals surface area contributed by atoms with Gasteiger partial charge in [-0.2, -0.15) is 32.3 Å². The van der Waals surface area contributed by atoms with E-state index in [-0.39, 0.29) is 87.0 Å². The molecule has 11 atom stereocenters. The molecule has 0 spiro atoms. The maximum atomic E-state index is 13.1. The van der Waals surface area contributed by atoms with Crippen molar-refractivity contribution >= 4 is 58.3 Å². The van der Waals surface area contributed by atoms with E-state index in [1.807, 2.05) is 31.8 Å². The van der Waals surface area contributed by atoms with E-state index in [1.54, 1.807) is 10.8 Å². The number of rotatable bonds is 48. The minimum Gasteiger partial charge on any atom is -0.394 e. The van der Waals surface area contributed by atoms with Gasteiger partial charge in [-0.05, 0) is 134 Å². The molecule has 588 valence electrons. The Morgan fingerprint density at radius 2 is 1.10 bits per heavy atom. The molecule has 4 saturated heterocycles. The Kier molecular flexibility index (Phi) is 47.1. The Bertz CT molecular complexity index is 2910. The van der Waals surface area contributed by atoms with Crippen molar-refractivity contribution < 1.29 is 47.1 Å². The molecule has 0 radical (unpaired) electrons. The monoisotopic (exact) mass is 1510 g/mol. The van der Waals surface area contributed by atoms with E-state index in [9.17, 15) is 29.1 Å². The summed E-state index contributed by atoms with van der Waals surface area (Å²) >= 11 is 2.00. The Morgan fingerprint density at radius 1 is 0.660 bits per heavy atom. The van der Waals surface area contributed by atoms with Crippen LogP contribution in [0.25, 0.3) is 0 Å². The number of hydrogen-bond acceptors (Lipinski definition) is 22. The molecule has 0 aromatic carbocycles. The number of anilines is 2. The van der Waals surface area contributed by atoms with Gasteiger partial charge in [0.1, 0.15) is 30.2 Å². The number of nitrogens with two attached hydrogens (primary N) is 1. The summed E-state index contributed by atoms with van der Waals surface area (Å²) in [7, 11) is -2.93. The molecule has 0 bridgehead atoms.